The summed E-state index contributed by atoms with van der Waals surface area (Å²) >= 11 is 0. The van der Waals surface area contributed by atoms with Crippen molar-refractivity contribution in [1.29, 1.82) is 0 Å². The van der Waals surface area contributed by atoms with Gasteiger partial charge in [-0.3, -0.25) is 4.79 Å². The third-order valence-electron chi connectivity index (χ3n) is 2.92. The molecule has 2 aromatic carbocycles. The first-order valence-corrected chi connectivity index (χ1v) is 6.22. The van der Waals surface area contributed by atoms with E-state index in [0.29, 0.717) is 22.6 Å². The number of aromatic carboxylic acids is 1. The molecule has 0 fully saturated rings. The van der Waals surface area contributed by atoms with Crippen molar-refractivity contribution in [3.8, 4) is 11.5 Å². The van der Waals surface area contributed by atoms with E-state index < -0.39 is 5.97 Å². The van der Waals surface area contributed by atoms with Gasteiger partial charge in [-0.1, -0.05) is 6.07 Å². The lowest BCUT2D eigenvalue weighted by Gasteiger charge is -2.11. The molecule has 0 saturated heterocycles. The lowest BCUT2D eigenvalue weighted by Crippen LogP contribution is -2.01. The summed E-state index contributed by atoms with van der Waals surface area (Å²) in [6.45, 7) is 0.175. The molecule has 0 bridgehead atoms. The molecule has 0 unspecified atom stereocenters. The average Bonchev–Trinajstić information content (AvgIpc) is 2.52. The van der Waals surface area contributed by atoms with Crippen LogP contribution in [0.4, 0.5) is 0 Å². The summed E-state index contributed by atoms with van der Waals surface area (Å²) in [5, 5.41) is 8.93. The molecule has 108 valence electrons. The molecular formula is C16H14O5. The second-order valence-electron chi connectivity index (χ2n) is 4.31. The predicted octanol–water partition coefficient (Wildman–Crippen LogP) is 2.78. The van der Waals surface area contributed by atoms with E-state index in [1.807, 2.05) is 0 Å². The van der Waals surface area contributed by atoms with Crippen molar-refractivity contribution in [1.82, 2.24) is 0 Å². The van der Waals surface area contributed by atoms with E-state index in [1.54, 1.807) is 30.3 Å². The lowest BCUT2D eigenvalue weighted by atomic mass is 10.1. The maximum Gasteiger partial charge on any atom is 0.335 e. The average molecular weight is 286 g/mol. The number of benzene rings is 2. The number of carbonyl (C=O) groups excluding carboxylic acids is 1. The zero-order chi connectivity index (χ0) is 15.2. The number of rotatable bonds is 6. The quantitative estimate of drug-likeness (QED) is 0.827. The minimum Gasteiger partial charge on any atom is -0.496 e. The summed E-state index contributed by atoms with van der Waals surface area (Å²) in [6.07, 6.45) is 0.744. The molecule has 0 aliphatic carbocycles. The fraction of sp³-hybridized carbons (Fsp3) is 0.125. The zero-order valence-corrected chi connectivity index (χ0v) is 11.4. The standard InChI is InChI=1S/C16H14O5/c1-20-15-6-5-11(9-17)7-13(15)10-21-14-4-2-3-12(8-14)16(18)19/h2-9H,10H2,1H3,(H,18,19). The van der Waals surface area contributed by atoms with Crippen molar-refractivity contribution in [2.24, 2.45) is 0 Å². The largest absolute Gasteiger partial charge is 0.496 e. The Balaban J connectivity index is 2.17. The number of methoxy groups -OCH3 is 1. The van der Waals surface area contributed by atoms with Gasteiger partial charge in [-0.15, -0.1) is 0 Å². The molecule has 0 spiro atoms. The first-order chi connectivity index (χ1) is 10.1. The lowest BCUT2D eigenvalue weighted by molar-refractivity contribution is 0.0696. The zero-order valence-electron chi connectivity index (χ0n) is 11.4. The summed E-state index contributed by atoms with van der Waals surface area (Å²) in [5.41, 5.74) is 1.39. The van der Waals surface area contributed by atoms with Gasteiger partial charge in [-0.05, 0) is 36.4 Å². The summed E-state index contributed by atoms with van der Waals surface area (Å²) < 4.78 is 10.8. The van der Waals surface area contributed by atoms with Crippen LogP contribution in [0.1, 0.15) is 26.3 Å². The smallest absolute Gasteiger partial charge is 0.335 e. The second-order valence-corrected chi connectivity index (χ2v) is 4.31. The summed E-state index contributed by atoms with van der Waals surface area (Å²) in [4.78, 5) is 21.7. The Morgan fingerprint density at radius 1 is 1.24 bits per heavy atom. The van der Waals surface area contributed by atoms with Crippen molar-refractivity contribution in [3.63, 3.8) is 0 Å². The molecule has 0 atom stereocenters. The van der Waals surface area contributed by atoms with Gasteiger partial charge >= 0.3 is 5.97 Å². The van der Waals surface area contributed by atoms with Gasteiger partial charge in [0.1, 0.15) is 24.4 Å². The fourth-order valence-corrected chi connectivity index (χ4v) is 1.86. The van der Waals surface area contributed by atoms with E-state index >= 15 is 0 Å². The van der Waals surface area contributed by atoms with Gasteiger partial charge in [-0.2, -0.15) is 0 Å². The topological polar surface area (TPSA) is 72.8 Å². The molecule has 2 aromatic rings. The molecule has 0 aromatic heterocycles. The Kier molecular flexibility index (Phi) is 4.56. The molecule has 2 rings (SSSR count). The first-order valence-electron chi connectivity index (χ1n) is 6.22. The van der Waals surface area contributed by atoms with Crippen molar-refractivity contribution in [2.75, 3.05) is 7.11 Å². The van der Waals surface area contributed by atoms with Gasteiger partial charge in [0.25, 0.3) is 0 Å². The van der Waals surface area contributed by atoms with E-state index in [2.05, 4.69) is 0 Å². The number of hydrogen-bond acceptors (Lipinski definition) is 4. The van der Waals surface area contributed by atoms with Gasteiger partial charge in [0, 0.05) is 11.1 Å². The van der Waals surface area contributed by atoms with Crippen LogP contribution in [-0.4, -0.2) is 24.5 Å². The number of carboxylic acid groups (broad SMARTS) is 1. The Labute approximate surface area is 121 Å². The van der Waals surface area contributed by atoms with Crippen molar-refractivity contribution in [2.45, 2.75) is 6.61 Å². The molecule has 21 heavy (non-hydrogen) atoms. The highest BCUT2D eigenvalue weighted by Gasteiger charge is 2.07. The van der Waals surface area contributed by atoms with E-state index in [0.717, 1.165) is 6.29 Å². The Bertz CT molecular complexity index is 663. The Hall–Kier alpha value is -2.82. The molecule has 0 aliphatic heterocycles. The second kappa shape index (κ2) is 6.56. The fourth-order valence-electron chi connectivity index (χ4n) is 1.86. The maximum atomic E-state index is 10.9. The van der Waals surface area contributed by atoms with Crippen molar-refractivity contribution < 1.29 is 24.2 Å². The molecule has 1 N–H and O–H groups in total. The van der Waals surface area contributed by atoms with Crippen molar-refractivity contribution in [3.05, 3.63) is 59.2 Å². The van der Waals surface area contributed by atoms with Crippen molar-refractivity contribution >= 4 is 12.3 Å². The van der Waals surface area contributed by atoms with Gasteiger partial charge in [-0.25, -0.2) is 4.79 Å². The highest BCUT2D eigenvalue weighted by molar-refractivity contribution is 5.88. The molecule has 0 heterocycles. The predicted molar refractivity (Wildman–Crippen MR) is 76.1 cm³/mol. The Morgan fingerprint density at radius 2 is 2.05 bits per heavy atom. The highest BCUT2D eigenvalue weighted by atomic mass is 16.5. The molecule has 0 saturated carbocycles. The van der Waals surface area contributed by atoms with Gasteiger partial charge in [0.15, 0.2) is 0 Å². The SMILES string of the molecule is COc1ccc(C=O)cc1COc1cccc(C(=O)O)c1. The number of aldehydes is 1. The van der Waals surface area contributed by atoms with Crippen LogP contribution in [0.15, 0.2) is 42.5 Å². The Morgan fingerprint density at radius 3 is 2.71 bits per heavy atom. The molecule has 5 heteroatoms. The van der Waals surface area contributed by atoms with E-state index in [4.69, 9.17) is 14.6 Å². The third-order valence-corrected chi connectivity index (χ3v) is 2.92. The van der Waals surface area contributed by atoms with Crippen LogP contribution in [0.2, 0.25) is 0 Å². The minimum atomic E-state index is -1.01. The summed E-state index contributed by atoms with van der Waals surface area (Å²) in [7, 11) is 1.53. The third kappa shape index (κ3) is 3.60. The van der Waals surface area contributed by atoms with Crippen LogP contribution in [0.3, 0.4) is 0 Å². The molecule has 0 radical (unpaired) electrons. The van der Waals surface area contributed by atoms with Crippen LogP contribution in [0.5, 0.6) is 11.5 Å². The minimum absolute atomic E-state index is 0.154. The van der Waals surface area contributed by atoms with Gasteiger partial charge < -0.3 is 14.6 Å². The molecular weight excluding hydrogens is 272 g/mol. The van der Waals surface area contributed by atoms with Crippen LogP contribution < -0.4 is 9.47 Å². The van der Waals surface area contributed by atoms with E-state index in [1.165, 1.54) is 19.2 Å². The number of hydrogen-bond donors (Lipinski definition) is 1. The van der Waals surface area contributed by atoms with Crippen LogP contribution in [-0.2, 0) is 6.61 Å². The number of carbonyl (C=O) groups is 2. The molecule has 0 aliphatic rings. The summed E-state index contributed by atoms with van der Waals surface area (Å²) in [6, 6.07) is 11.2. The van der Waals surface area contributed by atoms with Crippen LogP contribution >= 0.6 is 0 Å². The monoisotopic (exact) mass is 286 g/mol. The van der Waals surface area contributed by atoms with E-state index in [9.17, 15) is 9.59 Å². The number of ether oxygens (including phenoxy) is 2. The first kappa shape index (κ1) is 14.6. The maximum absolute atomic E-state index is 10.9. The van der Waals surface area contributed by atoms with Gasteiger partial charge in [0.2, 0.25) is 0 Å². The van der Waals surface area contributed by atoms with Gasteiger partial charge in [0.05, 0.1) is 12.7 Å². The summed E-state index contributed by atoms with van der Waals surface area (Å²) in [5.74, 6) is 0.0319. The van der Waals surface area contributed by atoms with Crippen LogP contribution in [0.25, 0.3) is 0 Å². The normalized spacial score (nSPS) is 9.95. The molecule has 0 amide bonds. The highest BCUT2D eigenvalue weighted by Crippen LogP contribution is 2.22. The number of carboxylic acids is 1. The van der Waals surface area contributed by atoms with E-state index in [-0.39, 0.29) is 12.2 Å². The van der Waals surface area contributed by atoms with Crippen LogP contribution in [0, 0.1) is 0 Å². The molecule has 5 nitrogen and oxygen atoms in total.